The number of nitrogens with one attached hydrogen (secondary N) is 2. The van der Waals surface area contributed by atoms with E-state index in [-0.39, 0.29) is 17.8 Å². The van der Waals surface area contributed by atoms with Gasteiger partial charge >= 0.3 is 0 Å². The van der Waals surface area contributed by atoms with Crippen LogP contribution in [-0.4, -0.2) is 11.9 Å². The molecule has 1 aliphatic heterocycles. The van der Waals surface area contributed by atoms with Gasteiger partial charge in [-0.3, -0.25) is 4.79 Å². The van der Waals surface area contributed by atoms with Gasteiger partial charge in [0.2, 0.25) is 5.91 Å². The van der Waals surface area contributed by atoms with Crippen LogP contribution in [0, 0.1) is 12.7 Å². The van der Waals surface area contributed by atoms with Crippen LogP contribution in [0.3, 0.4) is 0 Å². The molecule has 1 atom stereocenters. The Morgan fingerprint density at radius 2 is 2.00 bits per heavy atom. The van der Waals surface area contributed by atoms with E-state index < -0.39 is 0 Å². The largest absolute Gasteiger partial charge is 0.325 e. The van der Waals surface area contributed by atoms with Crippen molar-refractivity contribution in [1.29, 1.82) is 0 Å². The highest BCUT2D eigenvalue weighted by Gasteiger charge is 2.23. The lowest BCUT2D eigenvalue weighted by molar-refractivity contribution is -0.118. The molecule has 0 saturated heterocycles. The predicted octanol–water partition coefficient (Wildman–Crippen LogP) is 2.79. The summed E-state index contributed by atoms with van der Waals surface area (Å²) in [6.07, 6.45) is 0.669. The number of amides is 1. The summed E-state index contributed by atoms with van der Waals surface area (Å²) >= 11 is 0. The fraction of sp³-hybridized carbons (Fsp3) is 0.235. The molecule has 21 heavy (non-hydrogen) atoms. The predicted molar refractivity (Wildman–Crippen MR) is 80.5 cm³/mol. The van der Waals surface area contributed by atoms with Crippen LogP contribution in [0.5, 0.6) is 0 Å². The molecule has 108 valence electrons. The van der Waals surface area contributed by atoms with E-state index in [1.165, 1.54) is 17.2 Å². The summed E-state index contributed by atoms with van der Waals surface area (Å²) in [5, 5.41) is 6.08. The Bertz CT molecular complexity index is 684. The molecule has 0 aromatic heterocycles. The summed E-state index contributed by atoms with van der Waals surface area (Å²) in [5.74, 6) is -0.353. The molecule has 2 aromatic carbocycles. The third-order valence-electron chi connectivity index (χ3n) is 3.82. The molecule has 1 heterocycles. The second kappa shape index (κ2) is 5.66. The monoisotopic (exact) mass is 284 g/mol. The molecule has 2 aromatic rings. The van der Waals surface area contributed by atoms with Gasteiger partial charge in [-0.15, -0.1) is 0 Å². The van der Waals surface area contributed by atoms with Crippen LogP contribution >= 0.6 is 0 Å². The van der Waals surface area contributed by atoms with Gasteiger partial charge in [0.25, 0.3) is 0 Å². The van der Waals surface area contributed by atoms with Crippen molar-refractivity contribution in [1.82, 2.24) is 5.32 Å². The zero-order chi connectivity index (χ0) is 14.8. The fourth-order valence-corrected chi connectivity index (χ4v) is 2.59. The van der Waals surface area contributed by atoms with Crippen LogP contribution in [0.4, 0.5) is 10.1 Å². The number of fused-ring (bicyclic) bond motifs is 1. The minimum atomic E-state index is -0.266. The molecule has 3 nitrogen and oxygen atoms in total. The van der Waals surface area contributed by atoms with Gasteiger partial charge in [0.1, 0.15) is 5.82 Å². The van der Waals surface area contributed by atoms with Crippen LogP contribution in [0.1, 0.15) is 16.7 Å². The molecule has 4 heteroatoms. The maximum Gasteiger partial charge on any atom is 0.241 e. The molecular formula is C17H17FN2O. The topological polar surface area (TPSA) is 41.1 Å². The van der Waals surface area contributed by atoms with Gasteiger partial charge in [-0.05, 0) is 48.2 Å². The molecule has 0 fully saturated rings. The Kier molecular flexibility index (Phi) is 3.71. The highest BCUT2D eigenvalue weighted by Crippen LogP contribution is 2.18. The number of hydrogen-bond acceptors (Lipinski definition) is 2. The van der Waals surface area contributed by atoms with Gasteiger partial charge in [0, 0.05) is 12.2 Å². The van der Waals surface area contributed by atoms with Crippen molar-refractivity contribution in [3.63, 3.8) is 0 Å². The summed E-state index contributed by atoms with van der Waals surface area (Å²) in [6, 6.07) is 12.4. The summed E-state index contributed by atoms with van der Waals surface area (Å²) in [7, 11) is 0. The van der Waals surface area contributed by atoms with E-state index >= 15 is 0 Å². The lowest BCUT2D eigenvalue weighted by atomic mass is 9.95. The van der Waals surface area contributed by atoms with Crippen molar-refractivity contribution in [2.45, 2.75) is 25.9 Å². The Hall–Kier alpha value is -2.20. The number of halogens is 1. The van der Waals surface area contributed by atoms with E-state index in [9.17, 15) is 9.18 Å². The first kappa shape index (κ1) is 13.8. The van der Waals surface area contributed by atoms with Crippen molar-refractivity contribution in [2.24, 2.45) is 0 Å². The van der Waals surface area contributed by atoms with Crippen molar-refractivity contribution < 1.29 is 9.18 Å². The van der Waals surface area contributed by atoms with Gasteiger partial charge in [-0.1, -0.05) is 24.3 Å². The van der Waals surface area contributed by atoms with Crippen LogP contribution in [0.25, 0.3) is 0 Å². The zero-order valence-corrected chi connectivity index (χ0v) is 11.8. The molecule has 1 aliphatic rings. The molecule has 3 rings (SSSR count). The fourth-order valence-electron chi connectivity index (χ4n) is 2.59. The van der Waals surface area contributed by atoms with E-state index in [1.54, 1.807) is 19.1 Å². The van der Waals surface area contributed by atoms with Gasteiger partial charge in [-0.2, -0.15) is 0 Å². The number of aryl methyl sites for hydroxylation is 1. The normalized spacial score (nSPS) is 17.1. The molecule has 0 unspecified atom stereocenters. The maximum atomic E-state index is 13.2. The van der Waals surface area contributed by atoms with Gasteiger partial charge < -0.3 is 10.6 Å². The number of rotatable bonds is 2. The summed E-state index contributed by atoms with van der Waals surface area (Å²) in [6.45, 7) is 2.37. The zero-order valence-electron chi connectivity index (χ0n) is 11.8. The molecule has 0 spiro atoms. The average Bonchev–Trinajstić information content (AvgIpc) is 2.50. The molecule has 0 aliphatic carbocycles. The van der Waals surface area contributed by atoms with Gasteiger partial charge in [0.15, 0.2) is 0 Å². The number of anilines is 1. The average molecular weight is 284 g/mol. The molecule has 0 radical (unpaired) electrons. The number of hydrogen-bond donors (Lipinski definition) is 2. The van der Waals surface area contributed by atoms with Crippen molar-refractivity contribution in [2.75, 3.05) is 5.32 Å². The quantitative estimate of drug-likeness (QED) is 0.890. The molecule has 2 N–H and O–H groups in total. The summed E-state index contributed by atoms with van der Waals surface area (Å²) in [5.41, 5.74) is 3.58. The van der Waals surface area contributed by atoms with Gasteiger partial charge in [0.05, 0.1) is 6.04 Å². The van der Waals surface area contributed by atoms with Gasteiger partial charge in [-0.25, -0.2) is 4.39 Å². The third kappa shape index (κ3) is 2.95. The van der Waals surface area contributed by atoms with E-state index in [0.717, 1.165) is 0 Å². The first-order valence-electron chi connectivity index (χ1n) is 7.00. The number of benzene rings is 2. The van der Waals surface area contributed by atoms with Crippen LogP contribution in [0.15, 0.2) is 42.5 Å². The van der Waals surface area contributed by atoms with E-state index in [1.807, 2.05) is 12.1 Å². The number of carbonyl (C=O) groups is 1. The maximum absolute atomic E-state index is 13.2. The second-order valence-electron chi connectivity index (χ2n) is 5.36. The van der Waals surface area contributed by atoms with Crippen LogP contribution in [-0.2, 0) is 17.8 Å². The van der Waals surface area contributed by atoms with E-state index in [4.69, 9.17) is 0 Å². The minimum Gasteiger partial charge on any atom is -0.325 e. The Balaban J connectivity index is 1.70. The second-order valence-corrected chi connectivity index (χ2v) is 5.36. The first-order chi connectivity index (χ1) is 10.1. The minimum absolute atomic E-state index is 0.0875. The summed E-state index contributed by atoms with van der Waals surface area (Å²) in [4.78, 5) is 12.3. The van der Waals surface area contributed by atoms with Crippen molar-refractivity contribution in [3.05, 3.63) is 65.0 Å². The SMILES string of the molecule is Cc1cc(NC(=O)[C@@H]2Cc3ccccc3CN2)ccc1F. The van der Waals surface area contributed by atoms with Crippen molar-refractivity contribution in [3.8, 4) is 0 Å². The van der Waals surface area contributed by atoms with Crippen molar-refractivity contribution >= 4 is 11.6 Å². The van der Waals surface area contributed by atoms with Crippen LogP contribution < -0.4 is 10.6 Å². The van der Waals surface area contributed by atoms with E-state index in [2.05, 4.69) is 22.8 Å². The standard InChI is InChI=1S/C17H17FN2O/c1-11-8-14(6-7-15(11)18)20-17(21)16-9-12-4-2-3-5-13(12)10-19-16/h2-8,16,19H,9-10H2,1H3,(H,20,21)/t16-/m0/s1. The Labute approximate surface area is 123 Å². The van der Waals surface area contributed by atoms with Crippen LogP contribution in [0.2, 0.25) is 0 Å². The molecule has 0 bridgehead atoms. The Morgan fingerprint density at radius 3 is 2.76 bits per heavy atom. The Morgan fingerprint density at radius 1 is 1.24 bits per heavy atom. The molecular weight excluding hydrogens is 267 g/mol. The molecule has 0 saturated carbocycles. The highest BCUT2D eigenvalue weighted by molar-refractivity contribution is 5.95. The molecule has 1 amide bonds. The number of carbonyl (C=O) groups excluding carboxylic acids is 1. The highest BCUT2D eigenvalue weighted by atomic mass is 19.1. The first-order valence-corrected chi connectivity index (χ1v) is 7.00. The third-order valence-corrected chi connectivity index (χ3v) is 3.82. The lowest BCUT2D eigenvalue weighted by Gasteiger charge is -2.25. The van der Waals surface area contributed by atoms with E-state index in [0.29, 0.717) is 24.2 Å². The summed E-state index contributed by atoms with van der Waals surface area (Å²) < 4.78 is 13.2. The smallest absolute Gasteiger partial charge is 0.241 e. The lowest BCUT2D eigenvalue weighted by Crippen LogP contribution is -2.44.